The van der Waals surface area contributed by atoms with Gasteiger partial charge in [-0.1, -0.05) is 55.5 Å². The number of hydrogen-bond acceptors (Lipinski definition) is 3. The van der Waals surface area contributed by atoms with Gasteiger partial charge in [0.05, 0.1) is 12.5 Å². The first kappa shape index (κ1) is 22.7. The second-order valence-electron chi connectivity index (χ2n) is 6.73. The zero-order valence-corrected chi connectivity index (χ0v) is 17.0. The van der Waals surface area contributed by atoms with Crippen molar-refractivity contribution in [2.24, 2.45) is 11.7 Å². The number of halogens is 1. The van der Waals surface area contributed by atoms with Crippen molar-refractivity contribution in [2.75, 3.05) is 18.9 Å². The third kappa shape index (κ3) is 5.81. The van der Waals surface area contributed by atoms with E-state index in [0.717, 1.165) is 22.4 Å². The minimum atomic E-state index is -0.421. The first-order valence-corrected chi connectivity index (χ1v) is 8.72. The van der Waals surface area contributed by atoms with Crippen LogP contribution in [0.4, 0.5) is 5.69 Å². The number of nitrogens with one attached hydrogen (secondary N) is 1. The molecule has 5 nitrogen and oxygen atoms in total. The van der Waals surface area contributed by atoms with Crippen LogP contribution in [0, 0.1) is 19.8 Å². The van der Waals surface area contributed by atoms with Gasteiger partial charge in [-0.3, -0.25) is 9.59 Å². The van der Waals surface area contributed by atoms with Gasteiger partial charge in [-0.25, -0.2) is 0 Å². The van der Waals surface area contributed by atoms with E-state index in [9.17, 15) is 9.59 Å². The Morgan fingerprint density at radius 3 is 2.15 bits per heavy atom. The Morgan fingerprint density at radius 1 is 1.04 bits per heavy atom. The number of likely N-dealkylation sites (N-methyl/N-ethyl adjacent to an activating group) is 1. The van der Waals surface area contributed by atoms with Gasteiger partial charge in [0.15, 0.2) is 0 Å². The van der Waals surface area contributed by atoms with Crippen LogP contribution >= 0.6 is 12.4 Å². The third-order valence-electron chi connectivity index (χ3n) is 4.62. The van der Waals surface area contributed by atoms with Crippen LogP contribution in [0.1, 0.15) is 29.7 Å². The van der Waals surface area contributed by atoms with Crippen LogP contribution in [0.2, 0.25) is 0 Å². The van der Waals surface area contributed by atoms with Crippen molar-refractivity contribution in [3.05, 3.63) is 65.2 Å². The van der Waals surface area contributed by atoms with E-state index in [2.05, 4.69) is 5.32 Å². The van der Waals surface area contributed by atoms with E-state index in [4.69, 9.17) is 5.73 Å². The normalized spacial score (nSPS) is 12.5. The maximum absolute atomic E-state index is 12.6. The second-order valence-corrected chi connectivity index (χ2v) is 6.73. The molecule has 0 heterocycles. The van der Waals surface area contributed by atoms with Crippen LogP contribution in [0.15, 0.2) is 48.5 Å². The molecule has 2 unspecified atom stereocenters. The van der Waals surface area contributed by atoms with Crippen LogP contribution < -0.4 is 11.1 Å². The average molecular weight is 390 g/mol. The van der Waals surface area contributed by atoms with E-state index in [-0.39, 0.29) is 30.8 Å². The minimum Gasteiger partial charge on any atom is -0.336 e. The Balaban J connectivity index is 0.00000364. The van der Waals surface area contributed by atoms with Gasteiger partial charge in [-0.2, -0.15) is 0 Å². The Labute approximate surface area is 167 Å². The largest absolute Gasteiger partial charge is 0.336 e. The SMILES string of the molecule is Cc1cccc(C)c1NC(=O)CN(C)C(=O)C(C)C(N)c1ccccc1.Cl. The zero-order chi connectivity index (χ0) is 19.3. The summed E-state index contributed by atoms with van der Waals surface area (Å²) in [5.74, 6) is -0.799. The highest BCUT2D eigenvalue weighted by Gasteiger charge is 2.26. The van der Waals surface area contributed by atoms with Gasteiger partial charge in [-0.05, 0) is 30.5 Å². The van der Waals surface area contributed by atoms with Gasteiger partial charge in [0, 0.05) is 18.8 Å². The topological polar surface area (TPSA) is 75.4 Å². The van der Waals surface area contributed by atoms with Crippen molar-refractivity contribution in [1.82, 2.24) is 4.90 Å². The number of benzene rings is 2. The number of rotatable bonds is 6. The molecule has 2 aromatic rings. The number of anilines is 1. The summed E-state index contributed by atoms with van der Waals surface area (Å²) in [6.45, 7) is 5.66. The Bertz CT molecular complexity index is 760. The van der Waals surface area contributed by atoms with Gasteiger partial charge in [-0.15, -0.1) is 12.4 Å². The molecule has 0 aliphatic rings. The molecule has 0 aliphatic carbocycles. The number of hydrogen-bond donors (Lipinski definition) is 2. The van der Waals surface area contributed by atoms with Gasteiger partial charge < -0.3 is 16.0 Å². The smallest absolute Gasteiger partial charge is 0.243 e. The second kappa shape index (κ2) is 10.1. The molecule has 27 heavy (non-hydrogen) atoms. The van der Waals surface area contributed by atoms with Crippen LogP contribution in [0.5, 0.6) is 0 Å². The molecule has 146 valence electrons. The fourth-order valence-corrected chi connectivity index (χ4v) is 2.95. The first-order valence-electron chi connectivity index (χ1n) is 8.72. The summed E-state index contributed by atoms with van der Waals surface area (Å²) >= 11 is 0. The number of amides is 2. The quantitative estimate of drug-likeness (QED) is 0.794. The summed E-state index contributed by atoms with van der Waals surface area (Å²) in [5.41, 5.74) is 9.91. The van der Waals surface area contributed by atoms with Crippen molar-refractivity contribution in [2.45, 2.75) is 26.8 Å². The van der Waals surface area contributed by atoms with E-state index in [0.29, 0.717) is 0 Å². The molecule has 0 saturated heterocycles. The predicted octanol–water partition coefficient (Wildman–Crippen LogP) is 3.46. The molecule has 0 fully saturated rings. The number of para-hydroxylation sites is 1. The molecule has 6 heteroatoms. The monoisotopic (exact) mass is 389 g/mol. The van der Waals surface area contributed by atoms with Crippen LogP contribution in [-0.4, -0.2) is 30.3 Å². The Morgan fingerprint density at radius 2 is 1.59 bits per heavy atom. The number of carbonyl (C=O) groups excluding carboxylic acids is 2. The van der Waals surface area contributed by atoms with E-state index < -0.39 is 12.0 Å². The van der Waals surface area contributed by atoms with Gasteiger partial charge >= 0.3 is 0 Å². The molecule has 2 aromatic carbocycles. The van der Waals surface area contributed by atoms with Crippen molar-refractivity contribution >= 4 is 29.9 Å². The van der Waals surface area contributed by atoms with Crippen LogP contribution in [0.3, 0.4) is 0 Å². The van der Waals surface area contributed by atoms with Crippen molar-refractivity contribution in [3.63, 3.8) is 0 Å². The molecular formula is C21H28ClN3O2. The average Bonchev–Trinajstić information content (AvgIpc) is 2.63. The maximum Gasteiger partial charge on any atom is 0.243 e. The summed E-state index contributed by atoms with van der Waals surface area (Å²) in [5, 5.41) is 2.90. The molecule has 0 radical (unpaired) electrons. The summed E-state index contributed by atoms with van der Waals surface area (Å²) in [6.07, 6.45) is 0. The van der Waals surface area contributed by atoms with E-state index in [1.54, 1.807) is 14.0 Å². The molecular weight excluding hydrogens is 362 g/mol. The fraction of sp³-hybridized carbons (Fsp3) is 0.333. The zero-order valence-electron chi connectivity index (χ0n) is 16.2. The highest BCUT2D eigenvalue weighted by molar-refractivity contribution is 5.96. The van der Waals surface area contributed by atoms with Crippen LogP contribution in [0.25, 0.3) is 0 Å². The maximum atomic E-state index is 12.6. The molecule has 0 aliphatic heterocycles. The molecule has 0 saturated carbocycles. The highest BCUT2D eigenvalue weighted by Crippen LogP contribution is 2.21. The van der Waals surface area contributed by atoms with E-state index in [1.165, 1.54) is 4.90 Å². The standard InChI is InChI=1S/C21H27N3O2.ClH/c1-14-9-8-10-15(2)20(14)23-18(25)13-24(4)21(26)16(3)19(22)17-11-6-5-7-12-17;/h5-12,16,19H,13,22H2,1-4H3,(H,23,25);1H. The van der Waals surface area contributed by atoms with Crippen molar-refractivity contribution in [3.8, 4) is 0 Å². The number of carbonyl (C=O) groups is 2. The molecule has 0 bridgehead atoms. The predicted molar refractivity (Wildman–Crippen MR) is 112 cm³/mol. The molecule has 0 spiro atoms. The number of aryl methyl sites for hydroxylation is 2. The lowest BCUT2D eigenvalue weighted by atomic mass is 9.94. The van der Waals surface area contributed by atoms with E-state index >= 15 is 0 Å². The molecule has 3 N–H and O–H groups in total. The Kier molecular flexibility index (Phi) is 8.47. The first-order chi connectivity index (χ1) is 12.3. The van der Waals surface area contributed by atoms with Gasteiger partial charge in [0.2, 0.25) is 11.8 Å². The summed E-state index contributed by atoms with van der Waals surface area (Å²) in [4.78, 5) is 26.4. The van der Waals surface area contributed by atoms with Crippen molar-refractivity contribution in [1.29, 1.82) is 0 Å². The number of nitrogens with zero attached hydrogens (tertiary/aromatic N) is 1. The summed E-state index contributed by atoms with van der Waals surface area (Å²) < 4.78 is 0. The summed E-state index contributed by atoms with van der Waals surface area (Å²) in [6, 6.07) is 14.9. The van der Waals surface area contributed by atoms with Crippen LogP contribution in [-0.2, 0) is 9.59 Å². The Hall–Kier alpha value is -2.37. The highest BCUT2D eigenvalue weighted by atomic mass is 35.5. The number of nitrogens with two attached hydrogens (primary N) is 1. The lowest BCUT2D eigenvalue weighted by Gasteiger charge is -2.25. The third-order valence-corrected chi connectivity index (χ3v) is 4.62. The summed E-state index contributed by atoms with van der Waals surface area (Å²) in [7, 11) is 1.63. The molecule has 2 amide bonds. The van der Waals surface area contributed by atoms with Gasteiger partial charge in [0.1, 0.15) is 0 Å². The minimum absolute atomic E-state index is 0. The fourth-order valence-electron chi connectivity index (χ4n) is 2.95. The molecule has 2 atom stereocenters. The van der Waals surface area contributed by atoms with Crippen molar-refractivity contribution < 1.29 is 9.59 Å². The molecule has 2 rings (SSSR count). The molecule has 0 aromatic heterocycles. The van der Waals surface area contributed by atoms with E-state index in [1.807, 2.05) is 62.4 Å². The lowest BCUT2D eigenvalue weighted by Crippen LogP contribution is -2.41. The van der Waals surface area contributed by atoms with Gasteiger partial charge in [0.25, 0.3) is 0 Å². The lowest BCUT2D eigenvalue weighted by molar-refractivity contribution is -0.137.